The summed E-state index contributed by atoms with van der Waals surface area (Å²) in [6.45, 7) is 5.45. The van der Waals surface area contributed by atoms with E-state index in [-0.39, 0.29) is 12.0 Å². The molecule has 0 aliphatic carbocycles. The molecule has 1 aliphatic rings. The number of aromatic nitrogens is 2. The third-order valence-electron chi connectivity index (χ3n) is 5.03. The number of likely N-dealkylation sites (tertiary alicyclic amines) is 1. The second-order valence-electron chi connectivity index (χ2n) is 6.52. The van der Waals surface area contributed by atoms with Crippen molar-refractivity contribution < 1.29 is 14.3 Å². The van der Waals surface area contributed by atoms with Gasteiger partial charge in [-0.25, -0.2) is 4.68 Å². The minimum absolute atomic E-state index is 0.00704. The molecule has 0 bridgehead atoms. The van der Waals surface area contributed by atoms with Gasteiger partial charge in [-0.2, -0.15) is 5.10 Å². The van der Waals surface area contributed by atoms with Crippen molar-refractivity contribution in [2.45, 2.75) is 26.4 Å². The number of nitrogens with zero attached hydrogens (tertiary/aromatic N) is 3. The van der Waals surface area contributed by atoms with E-state index in [9.17, 15) is 4.79 Å². The first-order valence-electron chi connectivity index (χ1n) is 8.57. The van der Waals surface area contributed by atoms with Crippen LogP contribution in [-0.2, 0) is 4.74 Å². The topological polar surface area (TPSA) is 56.6 Å². The fourth-order valence-corrected chi connectivity index (χ4v) is 3.36. The van der Waals surface area contributed by atoms with Crippen LogP contribution in [0.2, 0.25) is 0 Å². The van der Waals surface area contributed by atoms with Crippen molar-refractivity contribution in [3.05, 3.63) is 41.7 Å². The summed E-state index contributed by atoms with van der Waals surface area (Å²) in [6, 6.07) is 7.65. The molecule has 1 aromatic carbocycles. The maximum atomic E-state index is 13.0. The van der Waals surface area contributed by atoms with E-state index in [4.69, 9.17) is 9.47 Å². The molecule has 0 N–H and O–H groups in total. The van der Waals surface area contributed by atoms with Crippen LogP contribution in [0.15, 0.2) is 30.5 Å². The van der Waals surface area contributed by atoms with E-state index in [1.165, 1.54) is 0 Å². The largest absolute Gasteiger partial charge is 0.494 e. The Kier molecular flexibility index (Phi) is 5.08. The molecule has 0 radical (unpaired) electrons. The van der Waals surface area contributed by atoms with Gasteiger partial charge in [-0.1, -0.05) is 19.1 Å². The Morgan fingerprint density at radius 1 is 1.28 bits per heavy atom. The molecule has 1 fully saturated rings. The van der Waals surface area contributed by atoms with Gasteiger partial charge in [-0.3, -0.25) is 4.79 Å². The number of carbonyl (C=O) groups excluding carboxylic acids is 1. The van der Waals surface area contributed by atoms with Crippen LogP contribution in [0.25, 0.3) is 5.69 Å². The molecule has 2 aromatic rings. The molecule has 1 aromatic heterocycles. The summed E-state index contributed by atoms with van der Waals surface area (Å²) >= 11 is 0. The zero-order valence-electron chi connectivity index (χ0n) is 15.2. The number of methoxy groups -OCH3 is 2. The van der Waals surface area contributed by atoms with Crippen LogP contribution >= 0.6 is 0 Å². The van der Waals surface area contributed by atoms with Gasteiger partial charge in [0.2, 0.25) is 0 Å². The van der Waals surface area contributed by atoms with E-state index >= 15 is 0 Å². The summed E-state index contributed by atoms with van der Waals surface area (Å²) in [4.78, 5) is 14.8. The number of ether oxygens (including phenoxy) is 2. The highest BCUT2D eigenvalue weighted by molar-refractivity contribution is 5.95. The normalized spacial score (nSPS) is 20.6. The molecular formula is C19H25N3O3. The lowest BCUT2D eigenvalue weighted by molar-refractivity contribution is -0.00159. The molecule has 6 heteroatoms. The molecule has 1 aliphatic heterocycles. The average Bonchev–Trinajstić information content (AvgIpc) is 3.02. The van der Waals surface area contributed by atoms with Crippen molar-refractivity contribution in [2.24, 2.45) is 5.92 Å². The third-order valence-corrected chi connectivity index (χ3v) is 5.03. The molecule has 6 nitrogen and oxygen atoms in total. The Labute approximate surface area is 148 Å². The van der Waals surface area contributed by atoms with E-state index in [1.54, 1.807) is 25.1 Å². The van der Waals surface area contributed by atoms with Gasteiger partial charge < -0.3 is 14.4 Å². The Balaban J connectivity index is 1.87. The van der Waals surface area contributed by atoms with Gasteiger partial charge in [0.25, 0.3) is 5.91 Å². The fourth-order valence-electron chi connectivity index (χ4n) is 3.36. The quantitative estimate of drug-likeness (QED) is 0.856. The zero-order valence-corrected chi connectivity index (χ0v) is 15.2. The second kappa shape index (κ2) is 7.27. The standard InChI is InChI=1S/C19H25N3O3/c1-13-9-10-21(12-18(13)25-4)19(23)15-11-20-22(14(15)2)16-7-5-6-8-17(16)24-3/h5-8,11,13,18H,9-10,12H2,1-4H3/t13-,18-/m1/s1. The molecule has 2 heterocycles. The first-order chi connectivity index (χ1) is 12.1. The number of hydrogen-bond acceptors (Lipinski definition) is 4. The van der Waals surface area contributed by atoms with E-state index in [0.29, 0.717) is 18.0 Å². The molecule has 134 valence electrons. The fraction of sp³-hybridized carbons (Fsp3) is 0.474. The maximum absolute atomic E-state index is 13.0. The van der Waals surface area contributed by atoms with Crippen molar-refractivity contribution in [3.63, 3.8) is 0 Å². The summed E-state index contributed by atoms with van der Waals surface area (Å²) in [6.07, 6.45) is 2.68. The van der Waals surface area contributed by atoms with Crippen LogP contribution < -0.4 is 4.74 Å². The van der Waals surface area contributed by atoms with Gasteiger partial charge in [-0.15, -0.1) is 0 Å². The third kappa shape index (κ3) is 3.26. The summed E-state index contributed by atoms with van der Waals surface area (Å²) in [5.41, 5.74) is 2.25. The summed E-state index contributed by atoms with van der Waals surface area (Å²) in [7, 11) is 3.34. The van der Waals surface area contributed by atoms with Gasteiger partial charge in [0.1, 0.15) is 11.4 Å². The van der Waals surface area contributed by atoms with Crippen LogP contribution in [0.4, 0.5) is 0 Å². The van der Waals surface area contributed by atoms with Gasteiger partial charge >= 0.3 is 0 Å². The van der Waals surface area contributed by atoms with E-state index in [2.05, 4.69) is 12.0 Å². The first kappa shape index (κ1) is 17.5. The molecule has 1 saturated heterocycles. The zero-order chi connectivity index (χ0) is 18.0. The molecular weight excluding hydrogens is 318 g/mol. The highest BCUT2D eigenvalue weighted by Crippen LogP contribution is 2.26. The number of benzene rings is 1. The Hall–Kier alpha value is -2.34. The number of piperidine rings is 1. The van der Waals surface area contributed by atoms with E-state index < -0.39 is 0 Å². The molecule has 2 atom stereocenters. The SMILES string of the molecule is COc1ccccc1-n1ncc(C(=O)N2CC[C@@H](C)[C@H](OC)C2)c1C. The predicted octanol–water partition coefficient (Wildman–Crippen LogP) is 2.69. The summed E-state index contributed by atoms with van der Waals surface area (Å²) in [5.74, 6) is 1.19. The molecule has 0 spiro atoms. The van der Waals surface area contributed by atoms with E-state index in [1.807, 2.05) is 36.1 Å². The van der Waals surface area contributed by atoms with Crippen LogP contribution in [-0.4, -0.2) is 54.0 Å². The molecule has 0 saturated carbocycles. The van der Waals surface area contributed by atoms with Gasteiger partial charge in [-0.05, 0) is 31.4 Å². The van der Waals surface area contributed by atoms with Crippen LogP contribution in [0.1, 0.15) is 29.4 Å². The van der Waals surface area contributed by atoms with E-state index in [0.717, 1.165) is 30.1 Å². The Bertz CT molecular complexity index is 756. The monoisotopic (exact) mass is 343 g/mol. The van der Waals surface area contributed by atoms with Crippen molar-refractivity contribution >= 4 is 5.91 Å². The van der Waals surface area contributed by atoms with Gasteiger partial charge in [0.15, 0.2) is 0 Å². The minimum Gasteiger partial charge on any atom is -0.494 e. The van der Waals surface area contributed by atoms with Gasteiger partial charge in [0.05, 0.1) is 30.7 Å². The van der Waals surface area contributed by atoms with Crippen molar-refractivity contribution in [1.29, 1.82) is 0 Å². The lowest BCUT2D eigenvalue weighted by atomic mass is 9.95. The number of hydrogen-bond donors (Lipinski definition) is 0. The summed E-state index contributed by atoms with van der Waals surface area (Å²) in [5, 5.41) is 4.42. The predicted molar refractivity (Wildman–Crippen MR) is 95.3 cm³/mol. The summed E-state index contributed by atoms with van der Waals surface area (Å²) < 4.78 is 12.7. The second-order valence-corrected chi connectivity index (χ2v) is 6.52. The van der Waals surface area contributed by atoms with Crippen molar-refractivity contribution in [1.82, 2.24) is 14.7 Å². The highest BCUT2D eigenvalue weighted by Gasteiger charge is 2.30. The van der Waals surface area contributed by atoms with Crippen LogP contribution in [0.3, 0.4) is 0 Å². The lowest BCUT2D eigenvalue weighted by Gasteiger charge is -2.36. The number of para-hydroxylation sites is 2. The minimum atomic E-state index is 0.00704. The molecule has 1 amide bonds. The van der Waals surface area contributed by atoms with Crippen molar-refractivity contribution in [3.8, 4) is 11.4 Å². The van der Waals surface area contributed by atoms with Crippen LogP contribution in [0, 0.1) is 12.8 Å². The highest BCUT2D eigenvalue weighted by atomic mass is 16.5. The molecule has 3 rings (SSSR count). The first-order valence-corrected chi connectivity index (χ1v) is 8.57. The molecule has 25 heavy (non-hydrogen) atoms. The molecule has 0 unspecified atom stereocenters. The van der Waals surface area contributed by atoms with Crippen LogP contribution in [0.5, 0.6) is 5.75 Å². The number of rotatable bonds is 4. The number of carbonyl (C=O) groups is 1. The average molecular weight is 343 g/mol. The Morgan fingerprint density at radius 2 is 2.04 bits per heavy atom. The lowest BCUT2D eigenvalue weighted by Crippen LogP contribution is -2.46. The smallest absolute Gasteiger partial charge is 0.257 e. The van der Waals surface area contributed by atoms with Crippen molar-refractivity contribution in [2.75, 3.05) is 27.3 Å². The number of amides is 1. The van der Waals surface area contributed by atoms with Gasteiger partial charge in [0, 0.05) is 20.2 Å². The maximum Gasteiger partial charge on any atom is 0.257 e. The Morgan fingerprint density at radius 3 is 2.76 bits per heavy atom.